The van der Waals surface area contributed by atoms with Gasteiger partial charge in [0.25, 0.3) is 0 Å². The second-order valence-corrected chi connectivity index (χ2v) is 6.10. The number of fused-ring (bicyclic) bond motifs is 2. The molecule has 0 amide bonds. The molecule has 2 aromatic carbocycles. The highest BCUT2D eigenvalue weighted by Gasteiger charge is 2.11. The summed E-state index contributed by atoms with van der Waals surface area (Å²) >= 11 is 1.72. The zero-order valence-corrected chi connectivity index (χ0v) is 12.9. The standard InChI is InChI=1S/C18H15NO2S/c1-2-21-15-5-3-13-11-19(18(20)16(13)10-15)14-4-6-17-12(9-14)7-8-22-17/h3-11,20H,2H2,1H3. The van der Waals surface area contributed by atoms with Gasteiger partial charge < -0.3 is 9.84 Å². The molecule has 4 rings (SSSR count). The molecule has 3 nitrogen and oxygen atoms in total. The monoisotopic (exact) mass is 309 g/mol. The van der Waals surface area contributed by atoms with E-state index in [1.807, 2.05) is 42.0 Å². The number of nitrogens with zero attached hydrogens (tertiary/aromatic N) is 1. The molecule has 2 heterocycles. The molecule has 4 aromatic rings. The molecule has 0 bridgehead atoms. The summed E-state index contributed by atoms with van der Waals surface area (Å²) in [5.74, 6) is 1.02. The summed E-state index contributed by atoms with van der Waals surface area (Å²) < 4.78 is 8.58. The van der Waals surface area contributed by atoms with Crippen LogP contribution in [0.25, 0.3) is 26.5 Å². The van der Waals surface area contributed by atoms with E-state index in [1.165, 1.54) is 10.1 Å². The number of ether oxygens (including phenoxy) is 1. The maximum absolute atomic E-state index is 10.6. The van der Waals surface area contributed by atoms with Gasteiger partial charge in [-0.2, -0.15) is 0 Å². The predicted molar refractivity (Wildman–Crippen MR) is 91.5 cm³/mol. The van der Waals surface area contributed by atoms with Gasteiger partial charge in [0.15, 0.2) is 0 Å². The van der Waals surface area contributed by atoms with Crippen molar-refractivity contribution in [1.82, 2.24) is 4.57 Å². The maximum atomic E-state index is 10.6. The van der Waals surface area contributed by atoms with Crippen molar-refractivity contribution in [3.8, 4) is 17.3 Å². The van der Waals surface area contributed by atoms with Gasteiger partial charge in [0, 0.05) is 27.4 Å². The molecule has 2 aromatic heterocycles. The van der Waals surface area contributed by atoms with Crippen LogP contribution < -0.4 is 4.74 Å². The Morgan fingerprint density at radius 1 is 1.09 bits per heavy atom. The molecule has 1 N–H and O–H groups in total. The minimum atomic E-state index is 0.242. The van der Waals surface area contributed by atoms with E-state index in [2.05, 4.69) is 23.6 Å². The number of aromatic hydroxyl groups is 1. The van der Waals surface area contributed by atoms with Gasteiger partial charge in [-0.1, -0.05) is 0 Å². The molecule has 0 saturated carbocycles. The zero-order valence-electron chi connectivity index (χ0n) is 12.1. The van der Waals surface area contributed by atoms with Crippen LogP contribution in [0.4, 0.5) is 0 Å². The maximum Gasteiger partial charge on any atom is 0.203 e. The molecule has 0 atom stereocenters. The van der Waals surface area contributed by atoms with E-state index in [-0.39, 0.29) is 5.88 Å². The second-order valence-electron chi connectivity index (χ2n) is 5.15. The van der Waals surface area contributed by atoms with Crippen LogP contribution in [0.5, 0.6) is 11.6 Å². The fraction of sp³-hybridized carbons (Fsp3) is 0.111. The van der Waals surface area contributed by atoms with Gasteiger partial charge in [0.2, 0.25) is 5.88 Å². The number of benzene rings is 2. The highest BCUT2D eigenvalue weighted by atomic mass is 32.1. The van der Waals surface area contributed by atoms with Crippen LogP contribution in [0.15, 0.2) is 54.0 Å². The first-order valence-electron chi connectivity index (χ1n) is 7.21. The second kappa shape index (κ2) is 5.07. The van der Waals surface area contributed by atoms with Crippen LogP contribution in [0, 0.1) is 0 Å². The minimum Gasteiger partial charge on any atom is -0.494 e. The van der Waals surface area contributed by atoms with Crippen molar-refractivity contribution in [2.24, 2.45) is 0 Å². The van der Waals surface area contributed by atoms with Crippen molar-refractivity contribution in [1.29, 1.82) is 0 Å². The lowest BCUT2D eigenvalue weighted by atomic mass is 10.2. The molecule has 0 saturated heterocycles. The Labute approximate surface area is 132 Å². The van der Waals surface area contributed by atoms with Gasteiger partial charge in [-0.3, -0.25) is 4.57 Å². The molecule has 0 aliphatic carbocycles. The fourth-order valence-electron chi connectivity index (χ4n) is 2.73. The van der Waals surface area contributed by atoms with E-state index in [0.29, 0.717) is 6.61 Å². The minimum absolute atomic E-state index is 0.242. The van der Waals surface area contributed by atoms with Gasteiger partial charge >= 0.3 is 0 Å². The normalized spacial score (nSPS) is 11.3. The SMILES string of the molecule is CCOc1ccc2cn(-c3ccc4sccc4c3)c(O)c2c1. The molecular weight excluding hydrogens is 294 g/mol. The van der Waals surface area contributed by atoms with Crippen LogP contribution in [-0.2, 0) is 0 Å². The largest absolute Gasteiger partial charge is 0.494 e. The lowest BCUT2D eigenvalue weighted by Gasteiger charge is -2.05. The Morgan fingerprint density at radius 2 is 2.00 bits per heavy atom. The van der Waals surface area contributed by atoms with Crippen molar-refractivity contribution in [3.63, 3.8) is 0 Å². The summed E-state index contributed by atoms with van der Waals surface area (Å²) in [7, 11) is 0. The molecule has 0 aliphatic heterocycles. The van der Waals surface area contributed by atoms with Crippen LogP contribution in [0.1, 0.15) is 6.92 Å². The summed E-state index contributed by atoms with van der Waals surface area (Å²) in [6.45, 7) is 2.56. The molecule has 0 radical (unpaired) electrons. The molecule has 0 aliphatic rings. The quantitative estimate of drug-likeness (QED) is 0.581. The number of rotatable bonds is 3. The van der Waals surface area contributed by atoms with E-state index in [0.717, 1.165) is 22.2 Å². The van der Waals surface area contributed by atoms with Crippen LogP contribution in [0.2, 0.25) is 0 Å². The third kappa shape index (κ3) is 2.04. The Hall–Kier alpha value is -2.46. The fourth-order valence-corrected chi connectivity index (χ4v) is 3.50. The molecule has 0 unspecified atom stereocenters. The summed E-state index contributed by atoms with van der Waals surface area (Å²) in [5.41, 5.74) is 0.956. The number of hydrogen-bond acceptors (Lipinski definition) is 3. The van der Waals surface area contributed by atoms with Gasteiger partial charge in [-0.05, 0) is 60.2 Å². The Kier molecular flexibility index (Phi) is 3.05. The first-order chi connectivity index (χ1) is 10.8. The molecule has 0 spiro atoms. The highest BCUT2D eigenvalue weighted by Crippen LogP contribution is 2.34. The van der Waals surface area contributed by atoms with E-state index in [4.69, 9.17) is 4.74 Å². The summed E-state index contributed by atoms with van der Waals surface area (Å²) in [6.07, 6.45) is 1.95. The number of thiophene rings is 1. The number of aromatic nitrogens is 1. The topological polar surface area (TPSA) is 34.4 Å². The lowest BCUT2D eigenvalue weighted by Crippen LogP contribution is -1.90. The smallest absolute Gasteiger partial charge is 0.203 e. The first-order valence-corrected chi connectivity index (χ1v) is 8.09. The van der Waals surface area contributed by atoms with Crippen molar-refractivity contribution in [3.05, 3.63) is 54.0 Å². The Morgan fingerprint density at radius 3 is 2.86 bits per heavy atom. The first kappa shape index (κ1) is 13.2. The lowest BCUT2D eigenvalue weighted by molar-refractivity contribution is 0.340. The highest BCUT2D eigenvalue weighted by molar-refractivity contribution is 7.17. The average molecular weight is 309 g/mol. The van der Waals surface area contributed by atoms with Crippen molar-refractivity contribution in [2.45, 2.75) is 6.92 Å². The van der Waals surface area contributed by atoms with Gasteiger partial charge in [0.1, 0.15) is 5.75 Å². The van der Waals surface area contributed by atoms with Crippen LogP contribution in [-0.4, -0.2) is 16.3 Å². The van der Waals surface area contributed by atoms with Gasteiger partial charge in [0.05, 0.1) is 6.61 Å². The van der Waals surface area contributed by atoms with Crippen molar-refractivity contribution < 1.29 is 9.84 Å². The van der Waals surface area contributed by atoms with Crippen molar-refractivity contribution >= 4 is 32.2 Å². The predicted octanol–water partition coefficient (Wildman–Crippen LogP) is 4.95. The number of hydrogen-bond donors (Lipinski definition) is 1. The van der Waals surface area contributed by atoms with Gasteiger partial charge in [-0.25, -0.2) is 0 Å². The summed E-state index contributed by atoms with van der Waals surface area (Å²) in [6, 6.07) is 14.1. The molecule has 110 valence electrons. The summed E-state index contributed by atoms with van der Waals surface area (Å²) in [5, 5.41) is 15.6. The van der Waals surface area contributed by atoms with E-state index >= 15 is 0 Å². The Bertz CT molecular complexity index is 968. The van der Waals surface area contributed by atoms with Crippen molar-refractivity contribution in [2.75, 3.05) is 6.61 Å². The van der Waals surface area contributed by atoms with Gasteiger partial charge in [-0.15, -0.1) is 11.3 Å². The zero-order chi connectivity index (χ0) is 15.1. The molecule has 22 heavy (non-hydrogen) atoms. The molecular formula is C18H15NO2S. The van der Waals surface area contributed by atoms with E-state index < -0.39 is 0 Å². The third-order valence-electron chi connectivity index (χ3n) is 3.79. The molecule has 0 fully saturated rings. The third-order valence-corrected chi connectivity index (χ3v) is 4.69. The molecule has 4 heteroatoms. The average Bonchev–Trinajstić information content (AvgIpc) is 3.12. The Balaban J connectivity index is 1.88. The van der Waals surface area contributed by atoms with E-state index in [1.54, 1.807) is 11.3 Å². The van der Waals surface area contributed by atoms with Crippen LogP contribution >= 0.6 is 11.3 Å². The van der Waals surface area contributed by atoms with Crippen LogP contribution in [0.3, 0.4) is 0 Å². The summed E-state index contributed by atoms with van der Waals surface area (Å²) in [4.78, 5) is 0. The van der Waals surface area contributed by atoms with E-state index in [9.17, 15) is 5.11 Å².